The van der Waals surface area contributed by atoms with Gasteiger partial charge in [0.15, 0.2) is 0 Å². The number of nitrogens with one attached hydrogen (secondary N) is 1. The summed E-state index contributed by atoms with van der Waals surface area (Å²) in [5, 5.41) is 2.25. The molecule has 0 bridgehead atoms. The lowest BCUT2D eigenvalue weighted by molar-refractivity contribution is -0.129. The Hall–Kier alpha value is -1.80. The maximum atomic E-state index is 12.5. The number of imide groups is 1. The van der Waals surface area contributed by atoms with Crippen LogP contribution >= 0.6 is 27.7 Å². The summed E-state index contributed by atoms with van der Waals surface area (Å²) < 4.78 is 6.10. The fourth-order valence-corrected chi connectivity index (χ4v) is 3.32. The van der Waals surface area contributed by atoms with Crippen molar-refractivity contribution in [1.82, 2.24) is 10.2 Å². The number of halogens is 1. The highest BCUT2D eigenvalue weighted by atomic mass is 79.9. The number of carbonyl (C=O) groups is 3. The van der Waals surface area contributed by atoms with Gasteiger partial charge < -0.3 is 10.1 Å². The molecule has 1 fully saturated rings. The van der Waals surface area contributed by atoms with Gasteiger partial charge in [-0.15, -0.1) is 0 Å². The van der Waals surface area contributed by atoms with E-state index in [0.29, 0.717) is 23.8 Å². The first-order valence-corrected chi connectivity index (χ1v) is 9.28. The minimum Gasteiger partial charge on any atom is -0.496 e. The second kappa shape index (κ2) is 8.53. The summed E-state index contributed by atoms with van der Waals surface area (Å²) in [6, 6.07) is 5.38. The van der Waals surface area contributed by atoms with E-state index in [1.54, 1.807) is 18.2 Å². The molecule has 1 aromatic carbocycles. The summed E-state index contributed by atoms with van der Waals surface area (Å²) in [5.74, 6) is 0.0569. The van der Waals surface area contributed by atoms with E-state index < -0.39 is 11.1 Å². The third-order valence-electron chi connectivity index (χ3n) is 3.36. The first-order chi connectivity index (χ1) is 11.8. The largest absolute Gasteiger partial charge is 0.496 e. The minimum atomic E-state index is -0.475. The van der Waals surface area contributed by atoms with Gasteiger partial charge in [0.1, 0.15) is 12.3 Å². The van der Waals surface area contributed by atoms with Crippen molar-refractivity contribution in [1.29, 1.82) is 0 Å². The average molecular weight is 427 g/mol. The van der Waals surface area contributed by atoms with Gasteiger partial charge in [-0.1, -0.05) is 29.8 Å². The van der Waals surface area contributed by atoms with Crippen LogP contribution in [0.2, 0.25) is 0 Å². The van der Waals surface area contributed by atoms with Crippen LogP contribution in [0.15, 0.2) is 27.6 Å². The number of carbonyl (C=O) groups excluding carboxylic acids is 3. The number of hydrogen-bond acceptors (Lipinski definition) is 5. The van der Waals surface area contributed by atoms with E-state index in [1.807, 2.05) is 19.9 Å². The van der Waals surface area contributed by atoms with Crippen molar-refractivity contribution in [3.8, 4) is 5.75 Å². The van der Waals surface area contributed by atoms with Crippen LogP contribution in [-0.2, 0) is 9.59 Å². The van der Waals surface area contributed by atoms with Gasteiger partial charge in [0, 0.05) is 16.6 Å². The molecule has 2 rings (SSSR count). The van der Waals surface area contributed by atoms with Crippen molar-refractivity contribution in [2.75, 3.05) is 20.2 Å². The van der Waals surface area contributed by atoms with Crippen LogP contribution in [0.4, 0.5) is 4.79 Å². The normalized spacial score (nSPS) is 16.0. The van der Waals surface area contributed by atoms with E-state index in [4.69, 9.17) is 4.74 Å². The van der Waals surface area contributed by atoms with E-state index in [1.165, 1.54) is 7.11 Å². The first kappa shape index (κ1) is 19.5. The molecule has 25 heavy (non-hydrogen) atoms. The molecular weight excluding hydrogens is 408 g/mol. The van der Waals surface area contributed by atoms with Crippen LogP contribution in [0.3, 0.4) is 0 Å². The maximum absolute atomic E-state index is 12.5. The zero-order valence-electron chi connectivity index (χ0n) is 14.2. The van der Waals surface area contributed by atoms with Gasteiger partial charge in [0.05, 0.1) is 12.0 Å². The molecule has 1 saturated heterocycles. The molecule has 1 aliphatic heterocycles. The summed E-state index contributed by atoms with van der Waals surface area (Å²) >= 11 is 4.18. The van der Waals surface area contributed by atoms with E-state index >= 15 is 0 Å². The first-order valence-electron chi connectivity index (χ1n) is 7.67. The zero-order chi connectivity index (χ0) is 18.6. The van der Waals surface area contributed by atoms with E-state index in [9.17, 15) is 14.4 Å². The van der Waals surface area contributed by atoms with Gasteiger partial charge >= 0.3 is 0 Å². The number of thioether (sulfide) groups is 1. The number of methoxy groups -OCH3 is 1. The Bertz CT molecular complexity index is 733. The van der Waals surface area contributed by atoms with Crippen molar-refractivity contribution in [3.05, 3.63) is 33.1 Å². The van der Waals surface area contributed by atoms with Crippen molar-refractivity contribution in [3.63, 3.8) is 0 Å². The third-order valence-corrected chi connectivity index (χ3v) is 4.76. The molecule has 6 nitrogen and oxygen atoms in total. The zero-order valence-corrected chi connectivity index (χ0v) is 16.6. The van der Waals surface area contributed by atoms with E-state index in [-0.39, 0.29) is 17.4 Å². The molecule has 0 radical (unpaired) electrons. The fourth-order valence-electron chi connectivity index (χ4n) is 2.11. The summed E-state index contributed by atoms with van der Waals surface area (Å²) in [6.45, 7) is 4.16. The van der Waals surface area contributed by atoms with Gasteiger partial charge in [-0.25, -0.2) is 0 Å². The van der Waals surface area contributed by atoms with Gasteiger partial charge in [0.2, 0.25) is 5.91 Å². The predicted molar refractivity (Wildman–Crippen MR) is 101 cm³/mol. The van der Waals surface area contributed by atoms with Crippen molar-refractivity contribution in [2.24, 2.45) is 5.92 Å². The SMILES string of the molecule is COc1ccc(Br)cc1/C=C1\SC(=O)N(CC(=O)NCC(C)C)C1=O. The standard InChI is InChI=1S/C17H19BrN2O4S/c1-10(2)8-19-15(21)9-20-16(22)14(25-17(20)23)7-11-6-12(18)4-5-13(11)24-3/h4-7,10H,8-9H2,1-3H3,(H,19,21)/b14-7-. The molecule has 0 aromatic heterocycles. The van der Waals surface area contributed by atoms with Crippen LogP contribution < -0.4 is 10.1 Å². The van der Waals surface area contributed by atoms with Gasteiger partial charge in [-0.2, -0.15) is 0 Å². The van der Waals surface area contributed by atoms with Crippen LogP contribution in [0.25, 0.3) is 6.08 Å². The number of benzene rings is 1. The number of ether oxygens (including phenoxy) is 1. The second-order valence-electron chi connectivity index (χ2n) is 5.85. The van der Waals surface area contributed by atoms with E-state index in [2.05, 4.69) is 21.2 Å². The molecule has 1 aliphatic rings. The highest BCUT2D eigenvalue weighted by Gasteiger charge is 2.36. The highest BCUT2D eigenvalue weighted by Crippen LogP contribution is 2.34. The Kier molecular flexibility index (Phi) is 6.66. The van der Waals surface area contributed by atoms with Crippen LogP contribution in [-0.4, -0.2) is 42.2 Å². The van der Waals surface area contributed by atoms with Crippen molar-refractivity contribution < 1.29 is 19.1 Å². The van der Waals surface area contributed by atoms with Gasteiger partial charge in [-0.3, -0.25) is 19.3 Å². The molecule has 1 heterocycles. The fraction of sp³-hybridized carbons (Fsp3) is 0.353. The number of amides is 3. The molecular formula is C17H19BrN2O4S. The molecule has 1 N–H and O–H groups in total. The molecule has 0 aliphatic carbocycles. The summed E-state index contributed by atoms with van der Waals surface area (Å²) in [4.78, 5) is 37.7. The smallest absolute Gasteiger partial charge is 0.294 e. The summed E-state index contributed by atoms with van der Waals surface area (Å²) in [6.07, 6.45) is 1.60. The number of nitrogens with zero attached hydrogens (tertiary/aromatic N) is 1. The Morgan fingerprint density at radius 2 is 2.12 bits per heavy atom. The molecule has 0 saturated carbocycles. The number of hydrogen-bond donors (Lipinski definition) is 1. The molecule has 1 aromatic rings. The molecule has 0 unspecified atom stereocenters. The summed E-state index contributed by atoms with van der Waals surface area (Å²) in [7, 11) is 1.53. The highest BCUT2D eigenvalue weighted by molar-refractivity contribution is 9.10. The van der Waals surface area contributed by atoms with Gasteiger partial charge in [-0.05, 0) is 42.0 Å². The topological polar surface area (TPSA) is 75.7 Å². The third kappa shape index (κ3) is 5.09. The quantitative estimate of drug-likeness (QED) is 0.706. The Morgan fingerprint density at radius 1 is 1.40 bits per heavy atom. The molecule has 0 atom stereocenters. The van der Waals surface area contributed by atoms with Crippen LogP contribution in [0, 0.1) is 5.92 Å². The Morgan fingerprint density at radius 3 is 2.76 bits per heavy atom. The number of rotatable bonds is 6. The van der Waals surface area contributed by atoms with Crippen LogP contribution in [0.1, 0.15) is 19.4 Å². The average Bonchev–Trinajstić information content (AvgIpc) is 2.81. The van der Waals surface area contributed by atoms with Crippen molar-refractivity contribution in [2.45, 2.75) is 13.8 Å². The summed E-state index contributed by atoms with van der Waals surface area (Å²) in [5.41, 5.74) is 0.673. The van der Waals surface area contributed by atoms with E-state index in [0.717, 1.165) is 21.1 Å². The lowest BCUT2D eigenvalue weighted by atomic mass is 10.2. The lowest BCUT2D eigenvalue weighted by Crippen LogP contribution is -2.40. The minimum absolute atomic E-state index is 0.262. The predicted octanol–water partition coefficient (Wildman–Crippen LogP) is 3.27. The Labute approximate surface area is 159 Å². The van der Waals surface area contributed by atoms with Crippen LogP contribution in [0.5, 0.6) is 5.75 Å². The molecule has 3 amide bonds. The molecule has 134 valence electrons. The monoisotopic (exact) mass is 426 g/mol. The maximum Gasteiger partial charge on any atom is 0.294 e. The Balaban J connectivity index is 2.15. The van der Waals surface area contributed by atoms with Crippen molar-refractivity contribution >= 4 is 50.8 Å². The van der Waals surface area contributed by atoms with Gasteiger partial charge in [0.25, 0.3) is 11.1 Å². The second-order valence-corrected chi connectivity index (χ2v) is 7.76. The molecule has 8 heteroatoms. The lowest BCUT2D eigenvalue weighted by Gasteiger charge is -2.13. The molecule has 0 spiro atoms.